The van der Waals surface area contributed by atoms with Crippen molar-refractivity contribution in [2.24, 2.45) is 0 Å². The first kappa shape index (κ1) is 7.68. The minimum atomic E-state index is 0.256. The van der Waals surface area contributed by atoms with Crippen LogP contribution in [-0.4, -0.2) is 10.2 Å². The summed E-state index contributed by atoms with van der Waals surface area (Å²) >= 11 is 4.40. The zero-order chi connectivity index (χ0) is 8.55. The molecule has 0 aliphatic heterocycles. The Morgan fingerprint density at radius 2 is 2.33 bits per heavy atom. The number of hydrogen-bond donors (Lipinski definition) is 2. The Balaban J connectivity index is 2.73. The molecule has 0 amide bonds. The van der Waals surface area contributed by atoms with Crippen LogP contribution in [0.15, 0.2) is 24.4 Å². The van der Waals surface area contributed by atoms with E-state index in [1.807, 2.05) is 18.3 Å². The lowest BCUT2D eigenvalue weighted by molar-refractivity contribution is 1.12. The molecule has 12 heavy (non-hydrogen) atoms. The Bertz CT molecular complexity index is 392. The summed E-state index contributed by atoms with van der Waals surface area (Å²) < 4.78 is 0. The Labute approximate surface area is 76.4 Å². The second-order valence-corrected chi connectivity index (χ2v) is 3.63. The molecule has 0 spiro atoms. The smallest absolute Gasteiger partial charge is 0.0653 e. The van der Waals surface area contributed by atoms with Crippen LogP contribution < -0.4 is 0 Å². The van der Waals surface area contributed by atoms with Gasteiger partial charge in [0, 0.05) is 10.6 Å². The van der Waals surface area contributed by atoms with Gasteiger partial charge in [-0.3, -0.25) is 5.10 Å². The molecule has 1 aromatic carbocycles. The van der Waals surface area contributed by atoms with E-state index in [0.29, 0.717) is 0 Å². The molecule has 0 aliphatic carbocycles. The van der Waals surface area contributed by atoms with Crippen molar-refractivity contribution in [1.82, 2.24) is 10.2 Å². The first-order valence-electron chi connectivity index (χ1n) is 3.89. The number of thiol groups is 1. The van der Waals surface area contributed by atoms with E-state index in [9.17, 15) is 0 Å². The summed E-state index contributed by atoms with van der Waals surface area (Å²) in [6, 6.07) is 6.11. The highest BCUT2D eigenvalue weighted by Gasteiger charge is 2.05. The zero-order valence-corrected chi connectivity index (χ0v) is 7.68. The molecule has 1 aromatic heterocycles. The largest absolute Gasteiger partial charge is 0.278 e. The molecule has 1 unspecified atom stereocenters. The predicted octanol–water partition coefficient (Wildman–Crippen LogP) is 2.55. The van der Waals surface area contributed by atoms with Crippen molar-refractivity contribution in [2.45, 2.75) is 12.2 Å². The van der Waals surface area contributed by atoms with E-state index < -0.39 is 0 Å². The lowest BCUT2D eigenvalue weighted by Crippen LogP contribution is -1.84. The highest BCUT2D eigenvalue weighted by atomic mass is 32.1. The summed E-state index contributed by atoms with van der Waals surface area (Å²) in [7, 11) is 0. The normalized spacial score (nSPS) is 13.5. The van der Waals surface area contributed by atoms with Gasteiger partial charge in [-0.1, -0.05) is 12.1 Å². The number of rotatable bonds is 1. The summed E-state index contributed by atoms with van der Waals surface area (Å²) in [5.74, 6) is 0. The van der Waals surface area contributed by atoms with Crippen molar-refractivity contribution < 1.29 is 0 Å². The fourth-order valence-corrected chi connectivity index (χ4v) is 1.58. The topological polar surface area (TPSA) is 28.7 Å². The summed E-state index contributed by atoms with van der Waals surface area (Å²) in [5, 5.41) is 8.34. The highest BCUT2D eigenvalue weighted by molar-refractivity contribution is 7.80. The van der Waals surface area contributed by atoms with Crippen molar-refractivity contribution in [3.8, 4) is 0 Å². The van der Waals surface area contributed by atoms with Gasteiger partial charge in [0.25, 0.3) is 0 Å². The average molecular weight is 178 g/mol. The maximum atomic E-state index is 4.40. The van der Waals surface area contributed by atoms with Crippen LogP contribution in [0.1, 0.15) is 17.7 Å². The lowest BCUT2D eigenvalue weighted by atomic mass is 10.1. The van der Waals surface area contributed by atoms with Crippen LogP contribution in [0.3, 0.4) is 0 Å². The van der Waals surface area contributed by atoms with Gasteiger partial charge in [-0.05, 0) is 18.6 Å². The Kier molecular flexibility index (Phi) is 1.81. The third kappa shape index (κ3) is 1.10. The van der Waals surface area contributed by atoms with Gasteiger partial charge in [0.05, 0.1) is 11.7 Å². The molecule has 2 nitrogen and oxygen atoms in total. The number of nitrogens with one attached hydrogen (secondary N) is 1. The number of aromatic amines is 1. The minimum Gasteiger partial charge on any atom is -0.278 e. The molecule has 1 heterocycles. The fourth-order valence-electron chi connectivity index (χ4n) is 1.36. The van der Waals surface area contributed by atoms with E-state index in [-0.39, 0.29) is 5.25 Å². The number of hydrogen-bond acceptors (Lipinski definition) is 2. The van der Waals surface area contributed by atoms with E-state index >= 15 is 0 Å². The Morgan fingerprint density at radius 1 is 1.50 bits per heavy atom. The number of benzene rings is 1. The van der Waals surface area contributed by atoms with E-state index in [0.717, 1.165) is 5.52 Å². The third-order valence-electron chi connectivity index (χ3n) is 1.97. The van der Waals surface area contributed by atoms with Crippen LogP contribution in [0, 0.1) is 0 Å². The van der Waals surface area contributed by atoms with Gasteiger partial charge < -0.3 is 0 Å². The van der Waals surface area contributed by atoms with Gasteiger partial charge in [0.2, 0.25) is 0 Å². The molecule has 0 saturated carbocycles. The molecule has 2 aromatic rings. The molecule has 0 aliphatic rings. The highest BCUT2D eigenvalue weighted by Crippen LogP contribution is 2.25. The quantitative estimate of drug-likeness (QED) is 0.645. The first-order valence-corrected chi connectivity index (χ1v) is 4.41. The van der Waals surface area contributed by atoms with E-state index in [1.165, 1.54) is 10.9 Å². The van der Waals surface area contributed by atoms with Crippen molar-refractivity contribution in [2.75, 3.05) is 0 Å². The van der Waals surface area contributed by atoms with Gasteiger partial charge in [0.1, 0.15) is 0 Å². The standard InChI is InChI=1S/C9H10N2S/c1-6(12)7-3-2-4-9-8(7)5-10-11-9/h2-6,12H,1H3,(H,10,11). The summed E-state index contributed by atoms with van der Waals surface area (Å²) in [5.41, 5.74) is 2.30. The zero-order valence-electron chi connectivity index (χ0n) is 6.78. The fraction of sp³-hybridized carbons (Fsp3) is 0.222. The van der Waals surface area contributed by atoms with Crippen LogP contribution in [0.4, 0.5) is 0 Å². The number of aromatic nitrogens is 2. The molecule has 0 bridgehead atoms. The maximum absolute atomic E-state index is 4.40. The molecular formula is C9H10N2S. The lowest BCUT2D eigenvalue weighted by Gasteiger charge is -2.04. The van der Waals surface area contributed by atoms with Crippen LogP contribution in [-0.2, 0) is 0 Å². The predicted molar refractivity (Wildman–Crippen MR) is 53.5 cm³/mol. The van der Waals surface area contributed by atoms with Crippen LogP contribution >= 0.6 is 12.6 Å². The monoisotopic (exact) mass is 178 g/mol. The van der Waals surface area contributed by atoms with Gasteiger partial charge in [-0.15, -0.1) is 0 Å². The van der Waals surface area contributed by atoms with E-state index in [4.69, 9.17) is 0 Å². The Hall–Kier alpha value is -0.960. The average Bonchev–Trinajstić information content (AvgIpc) is 2.49. The van der Waals surface area contributed by atoms with E-state index in [1.54, 1.807) is 0 Å². The molecule has 1 atom stereocenters. The van der Waals surface area contributed by atoms with Crippen LogP contribution in [0.5, 0.6) is 0 Å². The summed E-state index contributed by atoms with van der Waals surface area (Å²) in [6.45, 7) is 2.06. The summed E-state index contributed by atoms with van der Waals surface area (Å²) in [6.07, 6.45) is 1.84. The molecular weight excluding hydrogens is 168 g/mol. The van der Waals surface area contributed by atoms with Crippen LogP contribution in [0.25, 0.3) is 10.9 Å². The first-order chi connectivity index (χ1) is 5.79. The van der Waals surface area contributed by atoms with Crippen molar-refractivity contribution in [3.05, 3.63) is 30.0 Å². The maximum Gasteiger partial charge on any atom is 0.0653 e. The summed E-state index contributed by atoms with van der Waals surface area (Å²) in [4.78, 5) is 0. The second-order valence-electron chi connectivity index (χ2n) is 2.85. The second kappa shape index (κ2) is 2.83. The molecule has 0 fully saturated rings. The van der Waals surface area contributed by atoms with Gasteiger partial charge in [-0.2, -0.15) is 17.7 Å². The third-order valence-corrected chi connectivity index (χ3v) is 2.25. The van der Waals surface area contributed by atoms with Crippen molar-refractivity contribution >= 4 is 23.5 Å². The molecule has 1 N–H and O–H groups in total. The molecule has 0 radical (unpaired) electrons. The van der Waals surface area contributed by atoms with Gasteiger partial charge in [-0.25, -0.2) is 0 Å². The van der Waals surface area contributed by atoms with Crippen molar-refractivity contribution in [3.63, 3.8) is 0 Å². The molecule has 3 heteroatoms. The van der Waals surface area contributed by atoms with Crippen molar-refractivity contribution in [1.29, 1.82) is 0 Å². The number of H-pyrrole nitrogens is 1. The molecule has 0 saturated heterocycles. The van der Waals surface area contributed by atoms with Crippen LogP contribution in [0.2, 0.25) is 0 Å². The SMILES string of the molecule is CC(S)c1cccc2[nH]ncc12. The van der Waals surface area contributed by atoms with E-state index in [2.05, 4.69) is 35.8 Å². The number of nitrogens with zero attached hydrogens (tertiary/aromatic N) is 1. The van der Waals surface area contributed by atoms with Gasteiger partial charge >= 0.3 is 0 Å². The minimum absolute atomic E-state index is 0.256. The number of fused-ring (bicyclic) bond motifs is 1. The van der Waals surface area contributed by atoms with Gasteiger partial charge in [0.15, 0.2) is 0 Å². The molecule has 2 rings (SSSR count). The Morgan fingerprint density at radius 3 is 3.08 bits per heavy atom. The molecule has 62 valence electrons.